The first-order valence-corrected chi connectivity index (χ1v) is 7.45. The SMILES string of the molecule is O=C1NCC(c2ccc3[nH]c(-c4cccs4)cc3c2)=NN1. The third-order valence-corrected chi connectivity index (χ3v) is 4.35. The maximum Gasteiger partial charge on any atom is 0.335 e. The van der Waals surface area contributed by atoms with Gasteiger partial charge in [-0.25, -0.2) is 10.2 Å². The summed E-state index contributed by atoms with van der Waals surface area (Å²) in [6.45, 7) is 0.444. The highest BCUT2D eigenvalue weighted by Crippen LogP contribution is 2.28. The summed E-state index contributed by atoms with van der Waals surface area (Å²) in [4.78, 5) is 15.7. The molecule has 2 aromatic heterocycles. The molecule has 0 saturated heterocycles. The van der Waals surface area contributed by atoms with Gasteiger partial charge in [0.2, 0.25) is 0 Å². The minimum absolute atomic E-state index is 0.263. The molecule has 0 atom stereocenters. The van der Waals surface area contributed by atoms with E-state index in [9.17, 15) is 4.79 Å². The number of nitrogens with one attached hydrogen (secondary N) is 3. The highest BCUT2D eigenvalue weighted by molar-refractivity contribution is 7.13. The second kappa shape index (κ2) is 4.75. The molecule has 0 aliphatic carbocycles. The zero-order valence-electron chi connectivity index (χ0n) is 11.0. The average Bonchev–Trinajstić information content (AvgIpc) is 3.16. The number of nitrogens with zero attached hydrogens (tertiary/aromatic N) is 1. The number of amides is 2. The molecular weight excluding hydrogens is 284 g/mol. The molecule has 3 N–H and O–H groups in total. The summed E-state index contributed by atoms with van der Waals surface area (Å²) in [5.74, 6) is 0. The van der Waals surface area contributed by atoms with E-state index in [2.05, 4.69) is 44.4 Å². The molecule has 21 heavy (non-hydrogen) atoms. The van der Waals surface area contributed by atoms with Crippen molar-refractivity contribution in [1.29, 1.82) is 0 Å². The Bertz CT molecular complexity index is 848. The summed E-state index contributed by atoms with van der Waals surface area (Å²) in [6.07, 6.45) is 0. The molecule has 2 amide bonds. The van der Waals surface area contributed by atoms with E-state index in [1.54, 1.807) is 11.3 Å². The van der Waals surface area contributed by atoms with Crippen LogP contribution in [0.2, 0.25) is 0 Å². The van der Waals surface area contributed by atoms with Crippen LogP contribution in [0.1, 0.15) is 5.56 Å². The number of aromatic amines is 1. The zero-order chi connectivity index (χ0) is 14.2. The molecule has 0 unspecified atom stereocenters. The van der Waals surface area contributed by atoms with Crippen LogP contribution in [0.3, 0.4) is 0 Å². The topological polar surface area (TPSA) is 69.3 Å². The number of thiophene rings is 1. The number of aromatic nitrogens is 1. The van der Waals surface area contributed by atoms with Crippen LogP contribution in [0.25, 0.3) is 21.5 Å². The van der Waals surface area contributed by atoms with Crippen LogP contribution in [0.15, 0.2) is 46.9 Å². The maximum atomic E-state index is 11.1. The second-order valence-corrected chi connectivity index (χ2v) is 5.76. The highest BCUT2D eigenvalue weighted by atomic mass is 32.1. The van der Waals surface area contributed by atoms with Crippen molar-refractivity contribution in [2.75, 3.05) is 6.54 Å². The van der Waals surface area contributed by atoms with Crippen LogP contribution in [0.4, 0.5) is 4.79 Å². The number of H-pyrrole nitrogens is 1. The smallest absolute Gasteiger partial charge is 0.335 e. The van der Waals surface area contributed by atoms with Gasteiger partial charge in [0, 0.05) is 16.5 Å². The first kappa shape index (κ1) is 12.2. The van der Waals surface area contributed by atoms with Crippen LogP contribution in [-0.4, -0.2) is 23.3 Å². The number of carbonyl (C=O) groups excluding carboxylic acids is 1. The second-order valence-electron chi connectivity index (χ2n) is 4.82. The quantitative estimate of drug-likeness (QED) is 0.668. The van der Waals surface area contributed by atoms with E-state index in [4.69, 9.17) is 0 Å². The van der Waals surface area contributed by atoms with E-state index in [1.165, 1.54) is 4.88 Å². The fraction of sp³-hybridized carbons (Fsp3) is 0.0667. The lowest BCUT2D eigenvalue weighted by Crippen LogP contribution is -2.42. The van der Waals surface area contributed by atoms with Crippen LogP contribution in [0, 0.1) is 0 Å². The monoisotopic (exact) mass is 296 g/mol. The van der Waals surface area contributed by atoms with Gasteiger partial charge in [0.05, 0.1) is 22.8 Å². The molecule has 5 nitrogen and oxygen atoms in total. The number of carbonyl (C=O) groups is 1. The van der Waals surface area contributed by atoms with E-state index in [-0.39, 0.29) is 6.03 Å². The number of rotatable bonds is 2. The zero-order valence-corrected chi connectivity index (χ0v) is 11.8. The first-order valence-electron chi connectivity index (χ1n) is 6.57. The van der Waals surface area contributed by atoms with E-state index < -0.39 is 0 Å². The standard InChI is InChI=1S/C15H12N4OS/c20-15-16-8-13(18-19-15)9-3-4-11-10(6-9)7-12(17-11)14-2-1-5-21-14/h1-7,17H,8H2,(H2,16,19,20). The number of urea groups is 1. The summed E-state index contributed by atoms with van der Waals surface area (Å²) in [5, 5.41) is 10.0. The average molecular weight is 296 g/mol. The predicted octanol–water partition coefficient (Wildman–Crippen LogP) is 2.91. The molecular formula is C15H12N4OS. The molecule has 1 aliphatic rings. The lowest BCUT2D eigenvalue weighted by molar-refractivity contribution is 0.241. The van der Waals surface area contributed by atoms with Crippen molar-refractivity contribution < 1.29 is 4.79 Å². The Kier molecular flexibility index (Phi) is 2.75. The third-order valence-electron chi connectivity index (χ3n) is 3.45. The third kappa shape index (κ3) is 2.19. The molecule has 3 heterocycles. The molecule has 4 rings (SSSR count). The van der Waals surface area contributed by atoms with Gasteiger partial charge in [0.25, 0.3) is 0 Å². The molecule has 0 spiro atoms. The molecule has 0 saturated carbocycles. The Balaban J connectivity index is 1.75. The van der Waals surface area contributed by atoms with Gasteiger partial charge in [0.1, 0.15) is 0 Å². The molecule has 1 aromatic carbocycles. The lowest BCUT2D eigenvalue weighted by atomic mass is 10.1. The van der Waals surface area contributed by atoms with Gasteiger partial charge in [-0.1, -0.05) is 12.1 Å². The first-order chi connectivity index (χ1) is 10.3. The minimum Gasteiger partial charge on any atom is -0.354 e. The number of hydrogen-bond donors (Lipinski definition) is 3. The van der Waals surface area contributed by atoms with Gasteiger partial charge in [0.15, 0.2) is 0 Å². The van der Waals surface area contributed by atoms with Crippen molar-refractivity contribution in [3.8, 4) is 10.6 Å². The molecule has 3 aromatic rings. The lowest BCUT2D eigenvalue weighted by Gasteiger charge is -2.13. The van der Waals surface area contributed by atoms with E-state index in [1.807, 2.05) is 18.2 Å². The van der Waals surface area contributed by atoms with Gasteiger partial charge in [-0.05, 0) is 29.6 Å². The molecule has 104 valence electrons. The van der Waals surface area contributed by atoms with Crippen LogP contribution < -0.4 is 10.7 Å². The molecule has 0 fully saturated rings. The number of benzene rings is 1. The number of hydrazone groups is 1. The Morgan fingerprint density at radius 1 is 1.19 bits per heavy atom. The minimum atomic E-state index is -0.263. The summed E-state index contributed by atoms with van der Waals surface area (Å²) in [6, 6.07) is 12.2. The Labute approximate surface area is 124 Å². The Morgan fingerprint density at radius 3 is 2.90 bits per heavy atom. The largest absolute Gasteiger partial charge is 0.354 e. The van der Waals surface area contributed by atoms with Gasteiger partial charge >= 0.3 is 6.03 Å². The number of hydrogen-bond acceptors (Lipinski definition) is 3. The molecule has 0 radical (unpaired) electrons. The Morgan fingerprint density at radius 2 is 2.14 bits per heavy atom. The van der Waals surface area contributed by atoms with Crippen LogP contribution in [-0.2, 0) is 0 Å². The van der Waals surface area contributed by atoms with Crippen LogP contribution in [0.5, 0.6) is 0 Å². The van der Waals surface area contributed by atoms with Crippen molar-refractivity contribution >= 4 is 34.0 Å². The normalized spacial score (nSPS) is 14.7. The van der Waals surface area contributed by atoms with Gasteiger partial charge in [-0.15, -0.1) is 11.3 Å². The van der Waals surface area contributed by atoms with E-state index in [0.717, 1.165) is 27.9 Å². The van der Waals surface area contributed by atoms with Crippen molar-refractivity contribution in [2.24, 2.45) is 5.10 Å². The maximum absolute atomic E-state index is 11.1. The van der Waals surface area contributed by atoms with Crippen LogP contribution >= 0.6 is 11.3 Å². The van der Waals surface area contributed by atoms with Gasteiger partial charge in [-0.3, -0.25) is 0 Å². The van der Waals surface area contributed by atoms with Gasteiger partial charge in [-0.2, -0.15) is 5.10 Å². The summed E-state index contributed by atoms with van der Waals surface area (Å²) in [5.41, 5.74) is 6.49. The molecule has 6 heteroatoms. The highest BCUT2D eigenvalue weighted by Gasteiger charge is 2.13. The van der Waals surface area contributed by atoms with Crippen molar-refractivity contribution in [3.05, 3.63) is 47.3 Å². The van der Waals surface area contributed by atoms with E-state index in [0.29, 0.717) is 6.54 Å². The summed E-state index contributed by atoms with van der Waals surface area (Å²) < 4.78 is 0. The Hall–Kier alpha value is -2.60. The van der Waals surface area contributed by atoms with Crippen molar-refractivity contribution in [3.63, 3.8) is 0 Å². The van der Waals surface area contributed by atoms with Crippen molar-refractivity contribution in [1.82, 2.24) is 15.7 Å². The van der Waals surface area contributed by atoms with E-state index >= 15 is 0 Å². The predicted molar refractivity (Wildman–Crippen MR) is 84.7 cm³/mol. The van der Waals surface area contributed by atoms with Crippen molar-refractivity contribution in [2.45, 2.75) is 0 Å². The number of fused-ring (bicyclic) bond motifs is 1. The molecule has 1 aliphatic heterocycles. The fourth-order valence-electron chi connectivity index (χ4n) is 2.40. The summed E-state index contributed by atoms with van der Waals surface area (Å²) in [7, 11) is 0. The fourth-order valence-corrected chi connectivity index (χ4v) is 3.10. The van der Waals surface area contributed by atoms with Gasteiger partial charge < -0.3 is 10.3 Å². The summed E-state index contributed by atoms with van der Waals surface area (Å²) >= 11 is 1.71. The molecule has 0 bridgehead atoms.